The van der Waals surface area contributed by atoms with Gasteiger partial charge in [-0.25, -0.2) is 9.48 Å². The molecular weight excluding hydrogens is 228 g/mol. The summed E-state index contributed by atoms with van der Waals surface area (Å²) in [6.07, 6.45) is 1.63. The molecule has 0 bridgehead atoms. The first-order chi connectivity index (χ1) is 7.34. The number of nitrogens with zero attached hydrogens (tertiary/aromatic N) is 2. The Morgan fingerprint density at radius 2 is 2.20 bits per heavy atom. The van der Waals surface area contributed by atoms with Crippen LogP contribution in [0.5, 0.6) is 0 Å². The van der Waals surface area contributed by atoms with Crippen molar-refractivity contribution in [3.05, 3.63) is 41.2 Å². The van der Waals surface area contributed by atoms with Crippen molar-refractivity contribution < 1.29 is 0 Å². The first kappa shape index (κ1) is 10.0. The first-order valence-electron chi connectivity index (χ1n) is 4.24. The maximum Gasteiger partial charge on any atom is 0.198 e. The summed E-state index contributed by atoms with van der Waals surface area (Å²) in [5, 5.41) is 7.23. The van der Waals surface area contributed by atoms with Gasteiger partial charge in [-0.2, -0.15) is 5.10 Å². The van der Waals surface area contributed by atoms with Gasteiger partial charge >= 0.3 is 0 Å². The molecule has 0 amide bonds. The number of aromatic amines is 1. The average molecular weight is 236 g/mol. The van der Waals surface area contributed by atoms with Crippen molar-refractivity contribution >= 4 is 34.6 Å². The molecule has 0 unspecified atom stereocenters. The van der Waals surface area contributed by atoms with Gasteiger partial charge in [0, 0.05) is 5.69 Å². The number of anilines is 1. The van der Waals surface area contributed by atoms with Crippen LogP contribution in [0, 0.1) is 0 Å². The van der Waals surface area contributed by atoms with Crippen molar-refractivity contribution in [2.24, 2.45) is 4.99 Å². The van der Waals surface area contributed by atoms with E-state index in [-0.39, 0.29) is 0 Å². The highest BCUT2D eigenvalue weighted by molar-refractivity contribution is 7.80. The Kier molecular flexibility index (Phi) is 3.21. The van der Waals surface area contributed by atoms with Crippen LogP contribution in [0.25, 0.3) is 0 Å². The Labute approximate surface area is 95.8 Å². The van der Waals surface area contributed by atoms with Crippen molar-refractivity contribution in [3.63, 3.8) is 0 Å². The van der Waals surface area contributed by atoms with E-state index in [0.717, 1.165) is 10.4 Å². The summed E-state index contributed by atoms with van der Waals surface area (Å²) in [6, 6.07) is 9.68. The zero-order valence-electron chi connectivity index (χ0n) is 7.68. The molecule has 1 aromatic heterocycles. The van der Waals surface area contributed by atoms with Gasteiger partial charge in [-0.05, 0) is 35.9 Å². The third-order valence-electron chi connectivity index (χ3n) is 1.61. The molecule has 0 saturated heterocycles. The van der Waals surface area contributed by atoms with Crippen molar-refractivity contribution in [1.82, 2.24) is 9.59 Å². The number of benzene rings is 1. The number of thiocarbonyl (C=S) groups is 1. The van der Waals surface area contributed by atoms with Gasteiger partial charge in [0.1, 0.15) is 0 Å². The Hall–Kier alpha value is -1.53. The zero-order valence-corrected chi connectivity index (χ0v) is 9.31. The molecule has 2 rings (SSSR count). The van der Waals surface area contributed by atoms with E-state index in [1.54, 1.807) is 6.20 Å². The van der Waals surface area contributed by atoms with Crippen molar-refractivity contribution in [2.75, 3.05) is 5.32 Å². The highest BCUT2D eigenvalue weighted by atomic mass is 32.1. The van der Waals surface area contributed by atoms with Crippen LogP contribution in [0.2, 0.25) is 0 Å². The van der Waals surface area contributed by atoms with E-state index >= 15 is 0 Å². The number of H-pyrrole nitrogens is 1. The van der Waals surface area contributed by atoms with Gasteiger partial charge < -0.3 is 5.32 Å². The summed E-state index contributed by atoms with van der Waals surface area (Å²) in [5.74, 6) is 0. The Morgan fingerprint density at radius 3 is 2.87 bits per heavy atom. The zero-order chi connectivity index (χ0) is 10.5. The summed E-state index contributed by atoms with van der Waals surface area (Å²) in [4.78, 5) is 4.16. The molecule has 1 aromatic carbocycles. The lowest BCUT2D eigenvalue weighted by Gasteiger charge is -2.01. The van der Waals surface area contributed by atoms with Crippen molar-refractivity contribution in [1.29, 1.82) is 0 Å². The second-order valence-electron chi connectivity index (χ2n) is 2.70. The minimum Gasteiger partial charge on any atom is -0.331 e. The number of rotatable bonds is 1. The monoisotopic (exact) mass is 236 g/mol. The first-order valence-corrected chi connectivity index (χ1v) is 5.47. The molecule has 76 valence electrons. The molecule has 2 N–H and O–H groups in total. The summed E-state index contributed by atoms with van der Waals surface area (Å²) in [7, 11) is 0. The average Bonchev–Trinajstić information content (AvgIpc) is 2.71. The van der Waals surface area contributed by atoms with E-state index < -0.39 is 0 Å². The van der Waals surface area contributed by atoms with Crippen LogP contribution in [0.15, 0.2) is 41.5 Å². The highest BCUT2D eigenvalue weighted by Gasteiger charge is 1.94. The normalized spacial score (nSPS) is 11.3. The Bertz CT molecular complexity index is 483. The van der Waals surface area contributed by atoms with Gasteiger partial charge in [0.15, 0.2) is 9.78 Å². The lowest BCUT2D eigenvalue weighted by atomic mass is 10.3. The molecule has 2 aromatic rings. The molecule has 0 aliphatic heterocycles. The molecule has 1 heterocycles. The molecule has 0 radical (unpaired) electrons. The van der Waals surface area contributed by atoms with Crippen LogP contribution >= 0.6 is 23.8 Å². The molecular formula is C9H8N4S2. The van der Waals surface area contributed by atoms with Gasteiger partial charge in [0.05, 0.1) is 6.20 Å². The minimum absolute atomic E-state index is 0.429. The fourth-order valence-electron chi connectivity index (χ4n) is 1.01. The van der Waals surface area contributed by atoms with Crippen LogP contribution in [-0.4, -0.2) is 14.7 Å². The lowest BCUT2D eigenvalue weighted by molar-refractivity contribution is 1.15. The molecule has 4 nitrogen and oxygen atoms in total. The predicted octanol–water partition coefficient (Wildman–Crippen LogP) is 1.77. The molecule has 0 fully saturated rings. The molecule has 6 heteroatoms. The maximum absolute atomic E-state index is 5.07. The number of hydrogen-bond donors (Lipinski definition) is 2. The fourth-order valence-corrected chi connectivity index (χ4v) is 1.72. The van der Waals surface area contributed by atoms with E-state index in [0.29, 0.717) is 5.11 Å². The van der Waals surface area contributed by atoms with E-state index in [1.807, 2.05) is 30.3 Å². The smallest absolute Gasteiger partial charge is 0.198 e. The molecule has 0 aliphatic rings. The van der Waals surface area contributed by atoms with Crippen molar-refractivity contribution in [2.45, 2.75) is 0 Å². The highest BCUT2D eigenvalue weighted by Crippen LogP contribution is 2.04. The molecule has 0 atom stereocenters. The second-order valence-corrected chi connectivity index (χ2v) is 3.89. The summed E-state index contributed by atoms with van der Waals surface area (Å²) in [6.45, 7) is 0. The SMILES string of the molecule is S=C(N=c1cn[nH]s1)Nc1ccccc1. The Balaban J connectivity index is 2.09. The number of hydrogen-bond acceptors (Lipinski definition) is 3. The number of para-hydroxylation sites is 1. The van der Waals surface area contributed by atoms with Crippen LogP contribution < -0.4 is 9.99 Å². The van der Waals surface area contributed by atoms with Crippen LogP contribution in [-0.2, 0) is 0 Å². The predicted molar refractivity (Wildman–Crippen MR) is 64.7 cm³/mol. The van der Waals surface area contributed by atoms with Gasteiger partial charge in [-0.3, -0.25) is 0 Å². The third-order valence-corrected chi connectivity index (χ3v) is 2.41. The number of nitrogens with one attached hydrogen (secondary N) is 2. The van der Waals surface area contributed by atoms with E-state index in [1.165, 1.54) is 11.5 Å². The standard InChI is InChI=1S/C9H8N4S2/c14-9(12-8-6-10-13-15-8)11-7-4-2-1-3-5-7/h1-6,13H,(H,11,14). The van der Waals surface area contributed by atoms with Gasteiger partial charge in [-0.15, -0.1) is 0 Å². The van der Waals surface area contributed by atoms with E-state index in [9.17, 15) is 0 Å². The minimum atomic E-state index is 0.429. The Morgan fingerprint density at radius 1 is 1.40 bits per heavy atom. The van der Waals surface area contributed by atoms with Crippen LogP contribution in [0.1, 0.15) is 0 Å². The largest absolute Gasteiger partial charge is 0.331 e. The summed E-state index contributed by atoms with van der Waals surface area (Å²) in [5.41, 5.74) is 0.930. The van der Waals surface area contributed by atoms with E-state index in [4.69, 9.17) is 12.2 Å². The van der Waals surface area contributed by atoms with E-state index in [2.05, 4.69) is 19.9 Å². The fraction of sp³-hybridized carbons (Fsp3) is 0. The summed E-state index contributed by atoms with van der Waals surface area (Å²) < 4.78 is 3.46. The summed E-state index contributed by atoms with van der Waals surface area (Å²) >= 11 is 6.40. The quantitative estimate of drug-likeness (QED) is 0.742. The lowest BCUT2D eigenvalue weighted by Crippen LogP contribution is -2.09. The second kappa shape index (κ2) is 4.81. The third kappa shape index (κ3) is 2.97. The molecule has 0 aliphatic carbocycles. The van der Waals surface area contributed by atoms with Gasteiger partial charge in [0.25, 0.3) is 0 Å². The van der Waals surface area contributed by atoms with Gasteiger partial charge in [-0.1, -0.05) is 18.2 Å². The molecule has 0 saturated carbocycles. The molecule has 0 spiro atoms. The van der Waals surface area contributed by atoms with Crippen LogP contribution in [0.4, 0.5) is 5.69 Å². The van der Waals surface area contributed by atoms with Crippen LogP contribution in [0.3, 0.4) is 0 Å². The molecule has 15 heavy (non-hydrogen) atoms. The number of aromatic nitrogens is 2. The maximum atomic E-state index is 5.07. The van der Waals surface area contributed by atoms with Crippen molar-refractivity contribution in [3.8, 4) is 0 Å². The van der Waals surface area contributed by atoms with Gasteiger partial charge in [0.2, 0.25) is 0 Å². The topological polar surface area (TPSA) is 53.1 Å².